The van der Waals surface area contributed by atoms with E-state index in [4.69, 9.17) is 14.2 Å². The number of rotatable bonds is 4. The molecule has 1 aromatic rings. The van der Waals surface area contributed by atoms with Crippen LogP contribution in [0.1, 0.15) is 13.8 Å². The molecule has 0 amide bonds. The highest BCUT2D eigenvalue weighted by atomic mass is 32.2. The third kappa shape index (κ3) is 3.14. The summed E-state index contributed by atoms with van der Waals surface area (Å²) in [4.78, 5) is 0.195. The Morgan fingerprint density at radius 2 is 1.86 bits per heavy atom. The third-order valence-electron chi connectivity index (χ3n) is 3.51. The molecule has 1 fully saturated rings. The summed E-state index contributed by atoms with van der Waals surface area (Å²) < 4.78 is 42.8. The maximum absolute atomic E-state index is 12.8. The zero-order valence-electron chi connectivity index (χ0n) is 12.7. The molecule has 1 saturated heterocycles. The number of morpholine rings is 1. The first-order valence-electron chi connectivity index (χ1n) is 6.75. The molecule has 0 spiro atoms. The molecule has 118 valence electrons. The molecular weight excluding hydrogens is 294 g/mol. The van der Waals surface area contributed by atoms with Crippen molar-refractivity contribution in [2.45, 2.75) is 30.9 Å². The molecule has 21 heavy (non-hydrogen) atoms. The summed E-state index contributed by atoms with van der Waals surface area (Å²) in [7, 11) is -0.592. The zero-order valence-corrected chi connectivity index (χ0v) is 13.5. The number of methoxy groups -OCH3 is 2. The Labute approximate surface area is 125 Å². The van der Waals surface area contributed by atoms with Gasteiger partial charge in [0, 0.05) is 18.7 Å². The summed E-state index contributed by atoms with van der Waals surface area (Å²) >= 11 is 0. The molecule has 1 aliphatic rings. The lowest BCUT2D eigenvalue weighted by atomic mass is 10.2. The van der Waals surface area contributed by atoms with Gasteiger partial charge in [-0.1, -0.05) is 0 Å². The van der Waals surface area contributed by atoms with Gasteiger partial charge in [-0.05, 0) is 26.0 Å². The summed E-state index contributed by atoms with van der Waals surface area (Å²) in [6.45, 7) is 4.44. The molecule has 1 aromatic carbocycles. The first-order valence-corrected chi connectivity index (χ1v) is 8.19. The van der Waals surface area contributed by atoms with Gasteiger partial charge in [-0.15, -0.1) is 0 Å². The van der Waals surface area contributed by atoms with Gasteiger partial charge < -0.3 is 14.2 Å². The van der Waals surface area contributed by atoms with Crippen LogP contribution in [0, 0.1) is 0 Å². The number of benzene rings is 1. The van der Waals surface area contributed by atoms with Gasteiger partial charge in [-0.2, -0.15) is 4.31 Å². The molecule has 0 N–H and O–H groups in total. The van der Waals surface area contributed by atoms with Crippen LogP contribution in [0.4, 0.5) is 0 Å². The van der Waals surface area contributed by atoms with Gasteiger partial charge in [0.25, 0.3) is 0 Å². The summed E-state index contributed by atoms with van der Waals surface area (Å²) in [5, 5.41) is 0. The number of hydrogen-bond acceptors (Lipinski definition) is 5. The maximum atomic E-state index is 12.8. The number of ether oxygens (including phenoxy) is 3. The van der Waals surface area contributed by atoms with Gasteiger partial charge in [0.1, 0.15) is 0 Å². The Kier molecular flexibility index (Phi) is 4.75. The van der Waals surface area contributed by atoms with E-state index < -0.39 is 10.0 Å². The molecule has 7 heteroatoms. The first-order chi connectivity index (χ1) is 9.90. The van der Waals surface area contributed by atoms with E-state index in [9.17, 15) is 8.42 Å². The fourth-order valence-corrected chi connectivity index (χ4v) is 4.03. The minimum absolute atomic E-state index is 0.115. The molecule has 0 saturated carbocycles. The van der Waals surface area contributed by atoms with Crippen LogP contribution in [-0.2, 0) is 14.8 Å². The van der Waals surface area contributed by atoms with Gasteiger partial charge in [-0.25, -0.2) is 8.42 Å². The Morgan fingerprint density at radius 1 is 1.19 bits per heavy atom. The molecule has 0 radical (unpaired) electrons. The molecule has 2 atom stereocenters. The van der Waals surface area contributed by atoms with Crippen molar-refractivity contribution >= 4 is 10.0 Å². The van der Waals surface area contributed by atoms with Gasteiger partial charge in [0.05, 0.1) is 31.8 Å². The molecule has 1 heterocycles. The van der Waals surface area contributed by atoms with Crippen LogP contribution in [0.5, 0.6) is 11.5 Å². The van der Waals surface area contributed by atoms with Crippen molar-refractivity contribution in [3.05, 3.63) is 18.2 Å². The van der Waals surface area contributed by atoms with Crippen molar-refractivity contribution in [2.24, 2.45) is 0 Å². The average Bonchev–Trinajstić information content (AvgIpc) is 2.48. The fourth-order valence-electron chi connectivity index (χ4n) is 2.32. The molecule has 0 unspecified atom stereocenters. The molecule has 6 nitrogen and oxygen atoms in total. The lowest BCUT2D eigenvalue weighted by molar-refractivity contribution is -0.0170. The Bertz CT molecular complexity index is 601. The van der Waals surface area contributed by atoms with E-state index >= 15 is 0 Å². The minimum Gasteiger partial charge on any atom is -0.493 e. The van der Waals surface area contributed by atoms with Crippen molar-refractivity contribution in [1.29, 1.82) is 0 Å². The molecule has 0 bridgehead atoms. The zero-order chi connectivity index (χ0) is 15.6. The van der Waals surface area contributed by atoms with Crippen molar-refractivity contribution in [3.8, 4) is 11.5 Å². The molecule has 0 aliphatic carbocycles. The smallest absolute Gasteiger partial charge is 0.243 e. The molecular formula is C14H21NO5S. The number of sulfonamides is 1. The second kappa shape index (κ2) is 6.21. The van der Waals surface area contributed by atoms with Gasteiger partial charge in [0.2, 0.25) is 10.0 Å². The molecule has 1 aliphatic heterocycles. The van der Waals surface area contributed by atoms with Crippen LogP contribution < -0.4 is 9.47 Å². The topological polar surface area (TPSA) is 65.1 Å². The predicted octanol–water partition coefficient (Wildman–Crippen LogP) is 1.50. The van der Waals surface area contributed by atoms with E-state index in [0.29, 0.717) is 24.7 Å². The summed E-state index contributed by atoms with van der Waals surface area (Å²) in [5.41, 5.74) is 0. The summed E-state index contributed by atoms with van der Waals surface area (Å²) in [6.07, 6.45) is -0.115. The highest BCUT2D eigenvalue weighted by Gasteiger charge is 2.34. The second-order valence-electron chi connectivity index (χ2n) is 5.08. The van der Waals surface area contributed by atoms with Crippen LogP contribution in [0.25, 0.3) is 0 Å². The van der Waals surface area contributed by atoms with E-state index in [1.165, 1.54) is 30.7 Å². The van der Waals surface area contributed by atoms with Crippen LogP contribution in [0.15, 0.2) is 23.1 Å². The van der Waals surface area contributed by atoms with Crippen molar-refractivity contribution in [3.63, 3.8) is 0 Å². The van der Waals surface area contributed by atoms with Gasteiger partial charge >= 0.3 is 0 Å². The largest absolute Gasteiger partial charge is 0.493 e. The highest BCUT2D eigenvalue weighted by molar-refractivity contribution is 7.89. The van der Waals surface area contributed by atoms with Crippen molar-refractivity contribution < 1.29 is 22.6 Å². The monoisotopic (exact) mass is 315 g/mol. The molecule has 0 aromatic heterocycles. The Balaban J connectivity index is 2.39. The number of hydrogen-bond donors (Lipinski definition) is 0. The van der Waals surface area contributed by atoms with Crippen LogP contribution in [0.3, 0.4) is 0 Å². The van der Waals surface area contributed by atoms with Crippen LogP contribution in [0.2, 0.25) is 0 Å². The van der Waals surface area contributed by atoms with Crippen molar-refractivity contribution in [2.75, 3.05) is 27.4 Å². The lowest BCUT2D eigenvalue weighted by Gasteiger charge is -2.35. The third-order valence-corrected chi connectivity index (χ3v) is 5.49. The van der Waals surface area contributed by atoms with E-state index in [1.54, 1.807) is 6.07 Å². The predicted molar refractivity (Wildman–Crippen MR) is 78.3 cm³/mol. The number of nitrogens with zero attached hydrogens (tertiary/aromatic N) is 1. The van der Waals surface area contributed by atoms with Gasteiger partial charge in [0.15, 0.2) is 11.5 Å². The lowest BCUT2D eigenvalue weighted by Crippen LogP contribution is -2.50. The quantitative estimate of drug-likeness (QED) is 0.842. The fraction of sp³-hybridized carbons (Fsp3) is 0.571. The standard InChI is InChI=1S/C14H21NO5S/c1-10-9-20-11(2)8-15(10)21(16,17)12-5-6-13(18-3)14(7-12)19-4/h5-7,10-11H,8-9H2,1-4H3/t10-,11-/m1/s1. The van der Waals surface area contributed by atoms with E-state index in [1.807, 2.05) is 13.8 Å². The normalized spacial score (nSPS) is 23.8. The average molecular weight is 315 g/mol. The Hall–Kier alpha value is -1.31. The SMILES string of the molecule is COc1ccc(S(=O)(=O)N2C[C@@H](C)OC[C@H]2C)cc1OC. The minimum atomic E-state index is -3.58. The summed E-state index contributed by atoms with van der Waals surface area (Å²) in [5.74, 6) is 0.896. The van der Waals surface area contributed by atoms with Crippen LogP contribution in [-0.4, -0.2) is 52.2 Å². The van der Waals surface area contributed by atoms with E-state index in [2.05, 4.69) is 0 Å². The Morgan fingerprint density at radius 3 is 2.48 bits per heavy atom. The molecule has 2 rings (SSSR count). The second-order valence-corrected chi connectivity index (χ2v) is 6.98. The van der Waals surface area contributed by atoms with Gasteiger partial charge in [-0.3, -0.25) is 0 Å². The van der Waals surface area contributed by atoms with E-state index in [0.717, 1.165) is 0 Å². The maximum Gasteiger partial charge on any atom is 0.243 e. The van der Waals surface area contributed by atoms with Crippen LogP contribution >= 0.6 is 0 Å². The summed E-state index contributed by atoms with van der Waals surface area (Å²) in [6, 6.07) is 4.42. The van der Waals surface area contributed by atoms with E-state index in [-0.39, 0.29) is 17.0 Å². The first kappa shape index (κ1) is 16.1. The highest BCUT2D eigenvalue weighted by Crippen LogP contribution is 2.31. The van der Waals surface area contributed by atoms with Crippen molar-refractivity contribution in [1.82, 2.24) is 4.31 Å².